The molecule has 0 bridgehead atoms. The first-order valence-corrected chi connectivity index (χ1v) is 6.86. The number of hydrazone groups is 1. The van der Waals surface area contributed by atoms with Gasteiger partial charge in [-0.3, -0.25) is 5.43 Å². The molecule has 0 spiro atoms. The smallest absolute Gasteiger partial charge is 0.371 e. The van der Waals surface area contributed by atoms with Crippen LogP contribution in [0.5, 0.6) is 0 Å². The molecular weight excluding hydrogens is 311 g/mol. The van der Waals surface area contributed by atoms with Gasteiger partial charge in [0.25, 0.3) is 0 Å². The van der Waals surface area contributed by atoms with Crippen molar-refractivity contribution < 1.29 is 9.53 Å². The summed E-state index contributed by atoms with van der Waals surface area (Å²) in [6.07, 6.45) is 0. The van der Waals surface area contributed by atoms with Gasteiger partial charge in [-0.05, 0) is 29.8 Å². The van der Waals surface area contributed by atoms with Gasteiger partial charge in [0, 0.05) is 5.02 Å². The van der Waals surface area contributed by atoms with Gasteiger partial charge in [0.2, 0.25) is 5.17 Å². The standard InChI is InChI=1S/C15H12Cl2N2O2/c16-12-6-8-13(9-7-12)18-19-14(17)15(20)21-10-11-4-2-1-3-5-11/h1-9,18H,10H2. The molecule has 6 heteroatoms. The van der Waals surface area contributed by atoms with Crippen LogP contribution in [0.15, 0.2) is 59.7 Å². The molecule has 21 heavy (non-hydrogen) atoms. The lowest BCUT2D eigenvalue weighted by Crippen LogP contribution is -2.13. The summed E-state index contributed by atoms with van der Waals surface area (Å²) in [4.78, 5) is 11.6. The Hall–Kier alpha value is -2.04. The number of nitrogens with zero attached hydrogens (tertiary/aromatic N) is 1. The van der Waals surface area contributed by atoms with Gasteiger partial charge >= 0.3 is 5.97 Å². The third-order valence-electron chi connectivity index (χ3n) is 2.51. The van der Waals surface area contributed by atoms with E-state index in [1.807, 2.05) is 30.3 Å². The zero-order chi connectivity index (χ0) is 15.1. The monoisotopic (exact) mass is 322 g/mol. The lowest BCUT2D eigenvalue weighted by Gasteiger charge is -2.04. The van der Waals surface area contributed by atoms with Crippen molar-refractivity contribution in [1.29, 1.82) is 0 Å². The molecule has 0 atom stereocenters. The zero-order valence-electron chi connectivity index (χ0n) is 10.9. The maximum atomic E-state index is 11.6. The Bertz CT molecular complexity index is 628. The highest BCUT2D eigenvalue weighted by Crippen LogP contribution is 2.13. The predicted octanol–water partition coefficient (Wildman–Crippen LogP) is 4.05. The van der Waals surface area contributed by atoms with Crippen molar-refractivity contribution in [1.82, 2.24) is 0 Å². The minimum absolute atomic E-state index is 0.145. The number of hydrogen-bond acceptors (Lipinski definition) is 4. The molecule has 0 unspecified atom stereocenters. The van der Waals surface area contributed by atoms with Crippen LogP contribution < -0.4 is 5.43 Å². The lowest BCUT2D eigenvalue weighted by atomic mass is 10.2. The van der Waals surface area contributed by atoms with E-state index in [1.54, 1.807) is 24.3 Å². The Kier molecular flexibility index (Phi) is 5.60. The van der Waals surface area contributed by atoms with Crippen molar-refractivity contribution in [2.45, 2.75) is 6.61 Å². The molecule has 0 saturated carbocycles. The molecule has 0 aliphatic carbocycles. The zero-order valence-corrected chi connectivity index (χ0v) is 12.4. The number of hydrogen-bond donors (Lipinski definition) is 1. The fourth-order valence-corrected chi connectivity index (χ4v) is 1.69. The Labute approximate surface area is 132 Å². The predicted molar refractivity (Wildman–Crippen MR) is 84.6 cm³/mol. The van der Waals surface area contributed by atoms with E-state index in [0.717, 1.165) is 5.56 Å². The number of halogens is 2. The van der Waals surface area contributed by atoms with Crippen LogP contribution in [0.4, 0.5) is 5.69 Å². The summed E-state index contributed by atoms with van der Waals surface area (Å²) in [5.74, 6) is -0.693. The normalized spacial score (nSPS) is 11.0. The van der Waals surface area contributed by atoms with Crippen LogP contribution in [0.3, 0.4) is 0 Å². The summed E-state index contributed by atoms with van der Waals surface area (Å²) >= 11 is 11.5. The number of carbonyl (C=O) groups excluding carboxylic acids is 1. The topological polar surface area (TPSA) is 50.7 Å². The molecule has 1 N–H and O–H groups in total. The second kappa shape index (κ2) is 7.67. The largest absolute Gasteiger partial charge is 0.455 e. The molecule has 0 radical (unpaired) electrons. The molecule has 0 aliphatic heterocycles. The number of benzene rings is 2. The van der Waals surface area contributed by atoms with E-state index in [1.165, 1.54) is 0 Å². The number of esters is 1. The minimum Gasteiger partial charge on any atom is -0.455 e. The molecule has 2 rings (SSSR count). The molecule has 108 valence electrons. The summed E-state index contributed by atoms with van der Waals surface area (Å²) in [6.45, 7) is 0.145. The van der Waals surface area contributed by atoms with Gasteiger partial charge in [0.05, 0.1) is 5.69 Å². The molecular formula is C15H12Cl2N2O2. The maximum absolute atomic E-state index is 11.6. The number of carbonyl (C=O) groups is 1. The Morgan fingerprint density at radius 1 is 1.10 bits per heavy atom. The van der Waals surface area contributed by atoms with E-state index in [0.29, 0.717) is 10.7 Å². The van der Waals surface area contributed by atoms with E-state index >= 15 is 0 Å². The van der Waals surface area contributed by atoms with Crippen molar-refractivity contribution in [2.75, 3.05) is 5.43 Å². The van der Waals surface area contributed by atoms with E-state index < -0.39 is 5.97 Å². The summed E-state index contributed by atoms with van der Waals surface area (Å²) in [5, 5.41) is 4.08. The summed E-state index contributed by atoms with van der Waals surface area (Å²) < 4.78 is 5.03. The Balaban J connectivity index is 1.86. The summed E-state index contributed by atoms with van der Waals surface area (Å²) in [5.41, 5.74) is 4.18. The van der Waals surface area contributed by atoms with Crippen LogP contribution in [0.2, 0.25) is 5.02 Å². The highest BCUT2D eigenvalue weighted by molar-refractivity contribution is 6.82. The van der Waals surface area contributed by atoms with E-state index in [4.69, 9.17) is 27.9 Å². The van der Waals surface area contributed by atoms with Crippen LogP contribution in [-0.2, 0) is 16.1 Å². The molecule has 2 aromatic carbocycles. The van der Waals surface area contributed by atoms with Gasteiger partial charge < -0.3 is 4.74 Å². The van der Waals surface area contributed by atoms with E-state index in [-0.39, 0.29) is 11.8 Å². The molecule has 0 heterocycles. The third-order valence-corrected chi connectivity index (χ3v) is 3.00. The Morgan fingerprint density at radius 2 is 1.76 bits per heavy atom. The maximum Gasteiger partial charge on any atom is 0.371 e. The highest BCUT2D eigenvalue weighted by Gasteiger charge is 2.10. The average Bonchev–Trinajstić information content (AvgIpc) is 2.52. The molecule has 0 saturated heterocycles. The van der Waals surface area contributed by atoms with Crippen LogP contribution >= 0.6 is 23.2 Å². The van der Waals surface area contributed by atoms with Crippen LogP contribution in [-0.4, -0.2) is 11.1 Å². The molecule has 0 aromatic heterocycles. The van der Waals surface area contributed by atoms with Crippen molar-refractivity contribution in [2.24, 2.45) is 5.10 Å². The first kappa shape index (κ1) is 15.4. The van der Waals surface area contributed by atoms with Gasteiger partial charge in [-0.1, -0.05) is 53.5 Å². The van der Waals surface area contributed by atoms with Gasteiger partial charge in [-0.25, -0.2) is 4.79 Å². The van der Waals surface area contributed by atoms with Gasteiger partial charge in [0.1, 0.15) is 6.61 Å². The van der Waals surface area contributed by atoms with Gasteiger partial charge in [0.15, 0.2) is 0 Å². The van der Waals surface area contributed by atoms with E-state index in [9.17, 15) is 4.79 Å². The third kappa shape index (κ3) is 5.10. The van der Waals surface area contributed by atoms with Crippen LogP contribution in [0.25, 0.3) is 0 Å². The number of anilines is 1. The number of ether oxygens (including phenoxy) is 1. The fourth-order valence-electron chi connectivity index (χ4n) is 1.47. The van der Waals surface area contributed by atoms with Gasteiger partial charge in [-0.2, -0.15) is 5.10 Å². The summed E-state index contributed by atoms with van der Waals surface area (Å²) in [6, 6.07) is 16.1. The quantitative estimate of drug-likeness (QED) is 0.513. The fraction of sp³-hybridized carbons (Fsp3) is 0.0667. The van der Waals surface area contributed by atoms with Crippen LogP contribution in [0, 0.1) is 0 Å². The lowest BCUT2D eigenvalue weighted by molar-refractivity contribution is -0.136. The van der Waals surface area contributed by atoms with Gasteiger partial charge in [-0.15, -0.1) is 0 Å². The van der Waals surface area contributed by atoms with Crippen molar-refractivity contribution >= 4 is 40.0 Å². The SMILES string of the molecule is O=C(OCc1ccccc1)C(Cl)=NNc1ccc(Cl)cc1. The van der Waals surface area contributed by atoms with Crippen molar-refractivity contribution in [3.05, 3.63) is 65.2 Å². The molecule has 0 amide bonds. The molecule has 2 aromatic rings. The van der Waals surface area contributed by atoms with E-state index in [2.05, 4.69) is 10.5 Å². The second-order valence-corrected chi connectivity index (χ2v) is 4.88. The first-order chi connectivity index (χ1) is 10.1. The average molecular weight is 323 g/mol. The molecule has 0 aliphatic rings. The molecule has 4 nitrogen and oxygen atoms in total. The minimum atomic E-state index is -0.693. The highest BCUT2D eigenvalue weighted by atomic mass is 35.5. The Morgan fingerprint density at radius 3 is 2.43 bits per heavy atom. The molecule has 0 fully saturated rings. The number of nitrogens with one attached hydrogen (secondary N) is 1. The van der Waals surface area contributed by atoms with Crippen molar-refractivity contribution in [3.8, 4) is 0 Å². The first-order valence-electron chi connectivity index (χ1n) is 6.11. The number of rotatable bonds is 5. The van der Waals surface area contributed by atoms with Crippen LogP contribution in [0.1, 0.15) is 5.56 Å². The van der Waals surface area contributed by atoms with Crippen molar-refractivity contribution in [3.63, 3.8) is 0 Å². The summed E-state index contributed by atoms with van der Waals surface area (Å²) in [7, 11) is 0. The second-order valence-electron chi connectivity index (χ2n) is 4.08.